The molecule has 0 unspecified atom stereocenters. The molecule has 1 N–H and O–H groups in total. The molecule has 2 rings (SSSR count). The average Bonchev–Trinajstić information content (AvgIpc) is 2.35. The van der Waals surface area contributed by atoms with Crippen LogP contribution in [0.1, 0.15) is 63.1 Å². The molecule has 0 atom stereocenters. The molecule has 0 spiro atoms. The molecule has 0 amide bonds. The molecule has 0 saturated heterocycles. The highest BCUT2D eigenvalue weighted by Crippen LogP contribution is 2.44. The molecule has 0 bridgehead atoms. The van der Waals surface area contributed by atoms with E-state index in [9.17, 15) is 5.11 Å². The van der Waals surface area contributed by atoms with Crippen LogP contribution in [-0.2, 0) is 5.41 Å². The highest BCUT2D eigenvalue weighted by atomic mass is 16.3. The summed E-state index contributed by atoms with van der Waals surface area (Å²) in [7, 11) is 0. The molecule has 19 heavy (non-hydrogen) atoms. The van der Waals surface area contributed by atoms with Gasteiger partial charge in [-0.2, -0.15) is 0 Å². The van der Waals surface area contributed by atoms with Crippen molar-refractivity contribution in [2.24, 2.45) is 11.8 Å². The fraction of sp³-hybridized carbons (Fsp3) is 0.667. The Balaban J connectivity index is 2.23. The van der Waals surface area contributed by atoms with Gasteiger partial charge in [0.1, 0.15) is 5.75 Å². The number of hydrogen-bond acceptors (Lipinski definition) is 1. The lowest BCUT2D eigenvalue weighted by Gasteiger charge is -2.39. The number of aryl methyl sites for hydroxylation is 2. The molecule has 0 aliphatic heterocycles. The number of benzene rings is 1. The van der Waals surface area contributed by atoms with Gasteiger partial charge >= 0.3 is 0 Å². The van der Waals surface area contributed by atoms with Gasteiger partial charge in [-0.05, 0) is 73.5 Å². The third-order valence-electron chi connectivity index (χ3n) is 5.26. The average molecular weight is 260 g/mol. The minimum Gasteiger partial charge on any atom is -0.507 e. The van der Waals surface area contributed by atoms with E-state index in [2.05, 4.69) is 32.9 Å². The standard InChI is InChI=1S/C18H28O/c1-12(2)15-6-8-18(5,9-7-15)16-10-13(3)17(19)14(4)11-16/h10-12,15,19H,6-9H2,1-5H3. The molecule has 0 radical (unpaired) electrons. The van der Waals surface area contributed by atoms with Gasteiger partial charge in [-0.3, -0.25) is 0 Å². The van der Waals surface area contributed by atoms with Crippen molar-refractivity contribution in [3.63, 3.8) is 0 Å². The Kier molecular flexibility index (Phi) is 3.94. The molecule has 0 heterocycles. The lowest BCUT2D eigenvalue weighted by atomic mass is 9.65. The second kappa shape index (κ2) is 5.19. The molecule has 1 aromatic rings. The first-order valence-corrected chi connectivity index (χ1v) is 7.64. The van der Waals surface area contributed by atoms with Gasteiger partial charge in [-0.25, -0.2) is 0 Å². The van der Waals surface area contributed by atoms with Crippen molar-refractivity contribution in [3.05, 3.63) is 28.8 Å². The van der Waals surface area contributed by atoms with E-state index in [1.54, 1.807) is 0 Å². The molecule has 1 nitrogen and oxygen atoms in total. The zero-order valence-electron chi connectivity index (χ0n) is 13.1. The quantitative estimate of drug-likeness (QED) is 0.783. The molecule has 0 aromatic heterocycles. The Hall–Kier alpha value is -0.980. The van der Waals surface area contributed by atoms with E-state index in [4.69, 9.17) is 0 Å². The van der Waals surface area contributed by atoms with Gasteiger partial charge in [0.15, 0.2) is 0 Å². The summed E-state index contributed by atoms with van der Waals surface area (Å²) in [5.41, 5.74) is 3.75. The highest BCUT2D eigenvalue weighted by molar-refractivity contribution is 5.44. The SMILES string of the molecule is Cc1cc(C2(C)CCC(C(C)C)CC2)cc(C)c1O. The van der Waals surface area contributed by atoms with Crippen molar-refractivity contribution in [2.45, 2.75) is 65.7 Å². The van der Waals surface area contributed by atoms with Gasteiger partial charge < -0.3 is 5.11 Å². The van der Waals surface area contributed by atoms with Crippen molar-refractivity contribution in [1.29, 1.82) is 0 Å². The zero-order chi connectivity index (χ0) is 14.2. The Labute approximate surface area is 118 Å². The molecule has 1 fully saturated rings. The molecule has 1 aromatic carbocycles. The Bertz CT molecular complexity index is 428. The normalized spacial score (nSPS) is 27.8. The highest BCUT2D eigenvalue weighted by Gasteiger charge is 2.33. The van der Waals surface area contributed by atoms with Gasteiger partial charge in [0.25, 0.3) is 0 Å². The van der Waals surface area contributed by atoms with Crippen LogP contribution in [0.15, 0.2) is 12.1 Å². The predicted molar refractivity (Wildman–Crippen MR) is 81.7 cm³/mol. The maximum Gasteiger partial charge on any atom is 0.121 e. The van der Waals surface area contributed by atoms with E-state index < -0.39 is 0 Å². The van der Waals surface area contributed by atoms with E-state index in [-0.39, 0.29) is 0 Å². The number of rotatable bonds is 2. The van der Waals surface area contributed by atoms with Crippen LogP contribution in [0, 0.1) is 25.7 Å². The summed E-state index contributed by atoms with van der Waals surface area (Å²) in [5.74, 6) is 2.17. The monoisotopic (exact) mass is 260 g/mol. The predicted octanol–water partition coefficient (Wildman–Crippen LogP) is 5.11. The Morgan fingerprint density at radius 2 is 1.58 bits per heavy atom. The summed E-state index contributed by atoms with van der Waals surface area (Å²) >= 11 is 0. The fourth-order valence-electron chi connectivity index (χ4n) is 3.54. The number of aromatic hydroxyl groups is 1. The summed E-state index contributed by atoms with van der Waals surface area (Å²) < 4.78 is 0. The van der Waals surface area contributed by atoms with Gasteiger partial charge in [-0.15, -0.1) is 0 Å². The van der Waals surface area contributed by atoms with Gasteiger partial charge in [0.2, 0.25) is 0 Å². The van der Waals surface area contributed by atoms with Crippen LogP contribution in [-0.4, -0.2) is 5.11 Å². The van der Waals surface area contributed by atoms with Crippen molar-refractivity contribution in [1.82, 2.24) is 0 Å². The Morgan fingerprint density at radius 3 is 2.00 bits per heavy atom. The van der Waals surface area contributed by atoms with Gasteiger partial charge in [-0.1, -0.05) is 32.9 Å². The van der Waals surface area contributed by atoms with E-state index in [1.807, 2.05) is 13.8 Å². The number of phenolic OH excluding ortho intramolecular Hbond substituents is 1. The summed E-state index contributed by atoms with van der Waals surface area (Å²) in [6, 6.07) is 4.38. The van der Waals surface area contributed by atoms with Crippen LogP contribution < -0.4 is 0 Å². The Morgan fingerprint density at radius 1 is 1.11 bits per heavy atom. The molecule has 1 saturated carbocycles. The van der Waals surface area contributed by atoms with Crippen LogP contribution in [0.3, 0.4) is 0 Å². The second-order valence-electron chi connectivity index (χ2n) is 7.10. The van der Waals surface area contributed by atoms with Gasteiger partial charge in [0, 0.05) is 0 Å². The van der Waals surface area contributed by atoms with Crippen LogP contribution in [0.5, 0.6) is 5.75 Å². The van der Waals surface area contributed by atoms with E-state index >= 15 is 0 Å². The molecular formula is C18H28O. The maximum atomic E-state index is 9.93. The van der Waals surface area contributed by atoms with Crippen molar-refractivity contribution in [2.75, 3.05) is 0 Å². The lowest BCUT2D eigenvalue weighted by molar-refractivity contribution is 0.204. The first-order valence-electron chi connectivity index (χ1n) is 7.64. The van der Waals surface area contributed by atoms with E-state index in [1.165, 1.54) is 31.2 Å². The summed E-state index contributed by atoms with van der Waals surface area (Å²) in [6.07, 6.45) is 5.24. The third kappa shape index (κ3) is 2.80. The topological polar surface area (TPSA) is 20.2 Å². The molecule has 1 aliphatic carbocycles. The third-order valence-corrected chi connectivity index (χ3v) is 5.26. The van der Waals surface area contributed by atoms with Crippen molar-refractivity contribution < 1.29 is 5.11 Å². The van der Waals surface area contributed by atoms with Crippen molar-refractivity contribution >= 4 is 0 Å². The van der Waals surface area contributed by atoms with Crippen LogP contribution in [0.2, 0.25) is 0 Å². The smallest absolute Gasteiger partial charge is 0.121 e. The lowest BCUT2D eigenvalue weighted by Crippen LogP contribution is -2.30. The summed E-state index contributed by atoms with van der Waals surface area (Å²) in [6.45, 7) is 11.1. The minimum absolute atomic E-state index is 0.300. The number of phenols is 1. The zero-order valence-corrected chi connectivity index (χ0v) is 13.1. The fourth-order valence-corrected chi connectivity index (χ4v) is 3.54. The van der Waals surface area contributed by atoms with Gasteiger partial charge in [0.05, 0.1) is 0 Å². The summed E-state index contributed by atoms with van der Waals surface area (Å²) in [4.78, 5) is 0. The molecule has 1 heteroatoms. The first kappa shape index (κ1) is 14.4. The maximum absolute atomic E-state index is 9.93. The van der Waals surface area contributed by atoms with Crippen LogP contribution in [0.4, 0.5) is 0 Å². The molecule has 106 valence electrons. The van der Waals surface area contributed by atoms with Crippen molar-refractivity contribution in [3.8, 4) is 5.75 Å². The second-order valence-corrected chi connectivity index (χ2v) is 7.10. The molecule has 1 aliphatic rings. The van der Waals surface area contributed by atoms with E-state index in [0.29, 0.717) is 11.2 Å². The van der Waals surface area contributed by atoms with Crippen LogP contribution in [0.25, 0.3) is 0 Å². The van der Waals surface area contributed by atoms with Crippen LogP contribution >= 0.6 is 0 Å². The van der Waals surface area contributed by atoms with E-state index in [0.717, 1.165) is 23.0 Å². The molecular weight excluding hydrogens is 232 g/mol. The number of hydrogen-bond donors (Lipinski definition) is 1. The largest absolute Gasteiger partial charge is 0.507 e. The summed E-state index contributed by atoms with van der Waals surface area (Å²) in [5, 5.41) is 9.93. The first-order chi connectivity index (χ1) is 8.83. The minimum atomic E-state index is 0.300.